The Morgan fingerprint density at radius 3 is 2.16 bits per heavy atom. The predicted octanol–water partition coefficient (Wildman–Crippen LogP) is 4.80. The highest BCUT2D eigenvalue weighted by molar-refractivity contribution is 6.31. The van der Waals surface area contributed by atoms with Gasteiger partial charge in [-0.2, -0.15) is 0 Å². The minimum Gasteiger partial charge on any atom is -0.299 e. The van der Waals surface area contributed by atoms with Crippen LogP contribution in [0.25, 0.3) is 0 Å². The molecule has 19 heavy (non-hydrogen) atoms. The lowest BCUT2D eigenvalue weighted by molar-refractivity contribution is -0.130. The molecule has 0 saturated heterocycles. The second kappa shape index (κ2) is 9.74. The zero-order valence-electron chi connectivity index (χ0n) is 12.2. The first-order valence-corrected chi connectivity index (χ1v) is 7.35. The minimum atomic E-state index is -0.184. The van der Waals surface area contributed by atoms with Gasteiger partial charge in [-0.05, 0) is 18.1 Å². The number of rotatable bonds is 1. The molecule has 0 heterocycles. The average Bonchev–Trinajstić information content (AvgIpc) is 2.45. The molecule has 3 heteroatoms. The third-order valence-electron chi connectivity index (χ3n) is 2.75. The van der Waals surface area contributed by atoms with Crippen LogP contribution in [0.3, 0.4) is 0 Å². The maximum absolute atomic E-state index is 11.7. The second-order valence-corrected chi connectivity index (χ2v) is 4.20. The van der Waals surface area contributed by atoms with Crippen molar-refractivity contribution in [2.45, 2.75) is 52.9 Å². The van der Waals surface area contributed by atoms with Gasteiger partial charge in [0.25, 0.3) is 0 Å². The topological polar surface area (TPSA) is 34.1 Å². The van der Waals surface area contributed by atoms with Crippen molar-refractivity contribution in [3.8, 4) is 0 Å². The van der Waals surface area contributed by atoms with E-state index >= 15 is 0 Å². The third kappa shape index (κ3) is 5.15. The van der Waals surface area contributed by atoms with Crippen LogP contribution in [0.5, 0.6) is 0 Å². The van der Waals surface area contributed by atoms with Gasteiger partial charge in [-0.1, -0.05) is 57.5 Å². The summed E-state index contributed by atoms with van der Waals surface area (Å²) in [4.78, 5) is 22.8. The minimum absolute atomic E-state index is 0.000602. The van der Waals surface area contributed by atoms with Crippen molar-refractivity contribution < 1.29 is 9.59 Å². The summed E-state index contributed by atoms with van der Waals surface area (Å²) in [5, 5.41) is 0.616. The van der Waals surface area contributed by atoms with E-state index in [2.05, 4.69) is 0 Å². The summed E-state index contributed by atoms with van der Waals surface area (Å²) in [6.07, 6.45) is 1.15. The highest BCUT2D eigenvalue weighted by atomic mass is 35.5. The van der Waals surface area contributed by atoms with Gasteiger partial charge in [-0.25, -0.2) is 0 Å². The van der Waals surface area contributed by atoms with Crippen molar-refractivity contribution in [3.05, 3.63) is 34.9 Å². The molecule has 0 amide bonds. The molecular formula is C16H23ClO2. The molecule has 106 valence electrons. The smallest absolute Gasteiger partial charge is 0.147 e. The Morgan fingerprint density at radius 1 is 1.05 bits per heavy atom. The van der Waals surface area contributed by atoms with E-state index in [9.17, 15) is 9.59 Å². The summed E-state index contributed by atoms with van der Waals surface area (Å²) >= 11 is 6.02. The highest BCUT2D eigenvalue weighted by Gasteiger charge is 2.29. The first-order valence-electron chi connectivity index (χ1n) is 6.97. The number of benzene rings is 1. The van der Waals surface area contributed by atoms with Gasteiger partial charge >= 0.3 is 0 Å². The number of carbonyl (C=O) groups excluding carboxylic acids is 2. The molecule has 2 nitrogen and oxygen atoms in total. The van der Waals surface area contributed by atoms with Crippen LogP contribution in [0.15, 0.2) is 24.3 Å². The van der Waals surface area contributed by atoms with Crippen LogP contribution in [0.4, 0.5) is 0 Å². The van der Waals surface area contributed by atoms with Crippen molar-refractivity contribution in [1.29, 1.82) is 0 Å². The van der Waals surface area contributed by atoms with Gasteiger partial charge in [0.05, 0.1) is 6.42 Å². The van der Waals surface area contributed by atoms with Crippen molar-refractivity contribution in [3.63, 3.8) is 0 Å². The van der Waals surface area contributed by atoms with Crippen LogP contribution < -0.4 is 0 Å². The molecule has 0 spiro atoms. The molecule has 0 bridgehead atoms. The zero-order chi connectivity index (χ0) is 14.8. The Balaban J connectivity index is 0.000000741. The Labute approximate surface area is 121 Å². The van der Waals surface area contributed by atoms with Crippen LogP contribution >= 0.6 is 11.6 Å². The largest absolute Gasteiger partial charge is 0.299 e. The molecule has 1 saturated carbocycles. The van der Waals surface area contributed by atoms with Gasteiger partial charge in [-0.3, -0.25) is 9.59 Å². The molecule has 1 aliphatic rings. The fourth-order valence-corrected chi connectivity index (χ4v) is 2.23. The quantitative estimate of drug-likeness (QED) is 0.694. The summed E-state index contributed by atoms with van der Waals surface area (Å²) in [7, 11) is 0. The van der Waals surface area contributed by atoms with E-state index in [1.54, 1.807) is 6.07 Å². The summed E-state index contributed by atoms with van der Waals surface area (Å²) < 4.78 is 0. The maximum Gasteiger partial charge on any atom is 0.147 e. The number of carbonyl (C=O) groups is 2. The average molecular weight is 283 g/mol. The summed E-state index contributed by atoms with van der Waals surface area (Å²) in [6.45, 7) is 8.00. The molecule has 0 N–H and O–H groups in total. The van der Waals surface area contributed by atoms with Gasteiger partial charge in [0.15, 0.2) is 0 Å². The van der Waals surface area contributed by atoms with Crippen LogP contribution in [-0.4, -0.2) is 11.6 Å². The maximum atomic E-state index is 11.7. The first-order chi connectivity index (χ1) is 9.18. The number of hydrogen-bond acceptors (Lipinski definition) is 2. The molecule has 1 atom stereocenters. The van der Waals surface area contributed by atoms with E-state index in [1.807, 2.05) is 45.9 Å². The molecule has 0 aliphatic heterocycles. The number of ketones is 2. The lowest BCUT2D eigenvalue weighted by Gasteiger charge is -2.20. The molecule has 1 aromatic rings. The molecule has 0 aromatic heterocycles. The SMILES string of the molecule is CC.CC.O=C1CCC(c2ccccc2Cl)C(=O)C1. The lowest BCUT2D eigenvalue weighted by Crippen LogP contribution is -2.23. The number of Topliss-reactive ketones (excluding diaryl/α,β-unsaturated/α-hetero) is 2. The molecule has 1 fully saturated rings. The normalized spacial score (nSPS) is 17.8. The van der Waals surface area contributed by atoms with Gasteiger partial charge in [-0.15, -0.1) is 0 Å². The Hall–Kier alpha value is -1.15. The fraction of sp³-hybridized carbons (Fsp3) is 0.500. The van der Waals surface area contributed by atoms with E-state index in [0.717, 1.165) is 5.56 Å². The van der Waals surface area contributed by atoms with E-state index in [-0.39, 0.29) is 23.9 Å². The predicted molar refractivity (Wildman–Crippen MR) is 80.8 cm³/mol. The van der Waals surface area contributed by atoms with E-state index < -0.39 is 0 Å². The Kier molecular flexibility index (Phi) is 9.15. The molecule has 0 radical (unpaired) electrons. The number of halogens is 1. The van der Waals surface area contributed by atoms with Gasteiger partial charge in [0.1, 0.15) is 11.6 Å². The Bertz CT molecular complexity index is 413. The van der Waals surface area contributed by atoms with Crippen LogP contribution in [0.1, 0.15) is 58.4 Å². The molecule has 1 aromatic carbocycles. The van der Waals surface area contributed by atoms with Crippen molar-refractivity contribution >= 4 is 23.2 Å². The Morgan fingerprint density at radius 2 is 1.63 bits per heavy atom. The van der Waals surface area contributed by atoms with Gasteiger partial charge in [0.2, 0.25) is 0 Å². The van der Waals surface area contributed by atoms with Gasteiger partial charge in [0, 0.05) is 17.4 Å². The zero-order valence-corrected chi connectivity index (χ0v) is 13.0. The first kappa shape index (κ1) is 17.8. The third-order valence-corrected chi connectivity index (χ3v) is 3.10. The van der Waals surface area contributed by atoms with Crippen molar-refractivity contribution in [1.82, 2.24) is 0 Å². The summed E-state index contributed by atoms with van der Waals surface area (Å²) in [5.74, 6) is -0.140. The summed E-state index contributed by atoms with van der Waals surface area (Å²) in [5.41, 5.74) is 0.858. The lowest BCUT2D eigenvalue weighted by atomic mass is 9.82. The van der Waals surface area contributed by atoms with E-state index in [0.29, 0.717) is 17.9 Å². The highest BCUT2D eigenvalue weighted by Crippen LogP contribution is 2.32. The fourth-order valence-electron chi connectivity index (χ4n) is 1.96. The molecule has 1 unspecified atom stereocenters. The van der Waals surface area contributed by atoms with Crippen LogP contribution in [0.2, 0.25) is 5.02 Å². The molecular weight excluding hydrogens is 260 g/mol. The monoisotopic (exact) mass is 282 g/mol. The second-order valence-electron chi connectivity index (χ2n) is 3.79. The standard InChI is InChI=1S/C12H11ClO2.2C2H6/c13-11-4-2-1-3-9(11)10-6-5-8(14)7-12(10)15;2*1-2/h1-4,10H,5-7H2;2*1-2H3. The number of hydrogen-bond donors (Lipinski definition) is 0. The van der Waals surface area contributed by atoms with E-state index in [1.165, 1.54) is 0 Å². The summed E-state index contributed by atoms with van der Waals surface area (Å²) in [6, 6.07) is 7.34. The van der Waals surface area contributed by atoms with Crippen molar-refractivity contribution in [2.24, 2.45) is 0 Å². The van der Waals surface area contributed by atoms with E-state index in [4.69, 9.17) is 11.6 Å². The molecule has 2 rings (SSSR count). The van der Waals surface area contributed by atoms with Crippen molar-refractivity contribution in [2.75, 3.05) is 0 Å². The van der Waals surface area contributed by atoms with Crippen LogP contribution in [0, 0.1) is 0 Å². The molecule has 1 aliphatic carbocycles. The van der Waals surface area contributed by atoms with Gasteiger partial charge < -0.3 is 0 Å². The van der Waals surface area contributed by atoms with Crippen LogP contribution in [-0.2, 0) is 9.59 Å².